The maximum Gasteiger partial charge on any atom is 0.194 e. The number of hydrogen-bond acceptors (Lipinski definition) is 3. The summed E-state index contributed by atoms with van der Waals surface area (Å²) in [4.78, 5) is 0. The zero-order valence-corrected chi connectivity index (χ0v) is 11.5. The number of aromatic nitrogens is 1. The largest absolute Gasteiger partial charge is 0.391 e. The molecule has 3 aromatic rings. The van der Waals surface area contributed by atoms with E-state index in [1.807, 2.05) is 0 Å². The third kappa shape index (κ3) is 2.70. The second-order valence-corrected chi connectivity index (χ2v) is 4.76. The summed E-state index contributed by atoms with van der Waals surface area (Å²) >= 11 is 0. The molecule has 118 valence electrons. The van der Waals surface area contributed by atoms with Gasteiger partial charge in [-0.05, 0) is 24.3 Å². The molecule has 0 bridgehead atoms. The normalized spacial score (nSPS) is 11.0. The molecule has 7 heteroatoms. The topological polar surface area (TPSA) is 46.3 Å². The molecule has 1 aromatic heterocycles. The second kappa shape index (κ2) is 5.85. The van der Waals surface area contributed by atoms with Crippen LogP contribution < -0.4 is 0 Å². The van der Waals surface area contributed by atoms with Crippen LogP contribution in [-0.4, -0.2) is 10.3 Å². The van der Waals surface area contributed by atoms with Crippen LogP contribution in [0.25, 0.3) is 22.6 Å². The summed E-state index contributed by atoms with van der Waals surface area (Å²) in [5.41, 5.74) is 0.262. The molecule has 0 spiro atoms. The Morgan fingerprint density at radius 3 is 2.26 bits per heavy atom. The van der Waals surface area contributed by atoms with Crippen LogP contribution in [0.2, 0.25) is 0 Å². The Bertz CT molecular complexity index is 853. The van der Waals surface area contributed by atoms with Crippen molar-refractivity contribution in [2.24, 2.45) is 0 Å². The summed E-state index contributed by atoms with van der Waals surface area (Å²) < 4.78 is 58.1. The van der Waals surface area contributed by atoms with E-state index in [9.17, 15) is 22.7 Å². The number of halogens is 4. The van der Waals surface area contributed by atoms with Gasteiger partial charge in [-0.1, -0.05) is 17.3 Å². The smallest absolute Gasteiger partial charge is 0.194 e. The summed E-state index contributed by atoms with van der Waals surface area (Å²) in [6.45, 7) is -0.564. The highest BCUT2D eigenvalue weighted by Crippen LogP contribution is 2.33. The summed E-state index contributed by atoms with van der Waals surface area (Å²) in [6, 6.07) is 6.83. The van der Waals surface area contributed by atoms with Crippen LogP contribution in [0.3, 0.4) is 0 Å². The number of aliphatic hydroxyl groups is 1. The van der Waals surface area contributed by atoms with E-state index in [1.165, 1.54) is 18.2 Å². The molecular weight excluding hydrogens is 314 g/mol. The van der Waals surface area contributed by atoms with Gasteiger partial charge in [0.2, 0.25) is 0 Å². The predicted molar refractivity (Wildman–Crippen MR) is 73.1 cm³/mol. The molecule has 0 aliphatic carbocycles. The van der Waals surface area contributed by atoms with Crippen molar-refractivity contribution in [3.05, 3.63) is 65.2 Å². The Kier molecular flexibility index (Phi) is 3.87. The monoisotopic (exact) mass is 323 g/mol. The highest BCUT2D eigenvalue weighted by molar-refractivity contribution is 5.72. The maximum atomic E-state index is 13.4. The zero-order chi connectivity index (χ0) is 16.6. The average molecular weight is 323 g/mol. The fourth-order valence-electron chi connectivity index (χ4n) is 2.23. The second-order valence-electron chi connectivity index (χ2n) is 4.76. The van der Waals surface area contributed by atoms with E-state index in [2.05, 4.69) is 5.16 Å². The van der Waals surface area contributed by atoms with Crippen LogP contribution in [0.4, 0.5) is 17.6 Å². The molecule has 1 N–H and O–H groups in total. The molecule has 23 heavy (non-hydrogen) atoms. The lowest BCUT2D eigenvalue weighted by Crippen LogP contribution is -1.94. The van der Waals surface area contributed by atoms with Crippen LogP contribution in [0.5, 0.6) is 0 Å². The Labute approximate surface area is 127 Å². The summed E-state index contributed by atoms with van der Waals surface area (Å²) in [5.74, 6) is -4.85. The van der Waals surface area contributed by atoms with Crippen LogP contribution in [0.15, 0.2) is 40.9 Å². The van der Waals surface area contributed by atoms with E-state index >= 15 is 0 Å². The molecule has 0 fully saturated rings. The SMILES string of the molecule is OCc1c(-c2cc(F)c(F)c(F)c2)noc1-c1cccc(F)c1. The van der Waals surface area contributed by atoms with E-state index in [1.54, 1.807) is 0 Å². The van der Waals surface area contributed by atoms with E-state index in [4.69, 9.17) is 4.52 Å². The molecule has 0 aliphatic rings. The predicted octanol–water partition coefficient (Wildman–Crippen LogP) is 4.06. The van der Waals surface area contributed by atoms with Gasteiger partial charge in [-0.15, -0.1) is 0 Å². The van der Waals surface area contributed by atoms with E-state index in [-0.39, 0.29) is 22.6 Å². The molecule has 2 aromatic carbocycles. The molecular formula is C16H9F4NO2. The van der Waals surface area contributed by atoms with Crippen molar-refractivity contribution in [2.75, 3.05) is 0 Å². The molecule has 0 amide bonds. The molecule has 0 unspecified atom stereocenters. The first-order valence-corrected chi connectivity index (χ1v) is 6.51. The van der Waals surface area contributed by atoms with Crippen molar-refractivity contribution in [1.82, 2.24) is 5.16 Å². The molecule has 0 aliphatic heterocycles. The molecule has 0 radical (unpaired) electrons. The van der Waals surface area contributed by atoms with Crippen LogP contribution in [0, 0.1) is 23.3 Å². The molecule has 3 nitrogen and oxygen atoms in total. The van der Waals surface area contributed by atoms with Gasteiger partial charge >= 0.3 is 0 Å². The van der Waals surface area contributed by atoms with Gasteiger partial charge in [0, 0.05) is 11.1 Å². The van der Waals surface area contributed by atoms with Gasteiger partial charge in [0.05, 0.1) is 12.2 Å². The van der Waals surface area contributed by atoms with E-state index in [0.717, 1.165) is 18.2 Å². The number of nitrogens with zero attached hydrogens (tertiary/aromatic N) is 1. The first-order valence-electron chi connectivity index (χ1n) is 6.51. The van der Waals surface area contributed by atoms with Crippen molar-refractivity contribution >= 4 is 0 Å². The van der Waals surface area contributed by atoms with Crippen LogP contribution >= 0.6 is 0 Å². The Hall–Kier alpha value is -2.67. The first kappa shape index (κ1) is 15.2. The summed E-state index contributed by atoms with van der Waals surface area (Å²) in [7, 11) is 0. The zero-order valence-electron chi connectivity index (χ0n) is 11.5. The van der Waals surface area contributed by atoms with Crippen molar-refractivity contribution < 1.29 is 27.2 Å². The van der Waals surface area contributed by atoms with Crippen molar-refractivity contribution in [2.45, 2.75) is 6.61 Å². The highest BCUT2D eigenvalue weighted by atomic mass is 19.2. The van der Waals surface area contributed by atoms with Crippen LogP contribution in [0.1, 0.15) is 5.56 Å². The van der Waals surface area contributed by atoms with Gasteiger partial charge in [0.1, 0.15) is 11.5 Å². The maximum absolute atomic E-state index is 13.4. The number of aliphatic hydroxyl groups excluding tert-OH is 1. The molecule has 0 atom stereocenters. The summed E-state index contributed by atoms with van der Waals surface area (Å²) in [5, 5.41) is 13.2. The van der Waals surface area contributed by atoms with Crippen LogP contribution in [-0.2, 0) is 6.61 Å². The Morgan fingerprint density at radius 1 is 0.957 bits per heavy atom. The van der Waals surface area contributed by atoms with Gasteiger partial charge in [0.15, 0.2) is 23.2 Å². The minimum Gasteiger partial charge on any atom is -0.391 e. The lowest BCUT2D eigenvalue weighted by molar-refractivity contribution is 0.281. The first-order chi connectivity index (χ1) is 11.0. The third-order valence-corrected chi connectivity index (χ3v) is 3.29. The van der Waals surface area contributed by atoms with Gasteiger partial charge < -0.3 is 9.63 Å². The number of rotatable bonds is 3. The quantitative estimate of drug-likeness (QED) is 0.584. The highest BCUT2D eigenvalue weighted by Gasteiger charge is 2.21. The molecule has 0 saturated carbocycles. The lowest BCUT2D eigenvalue weighted by atomic mass is 10.0. The fraction of sp³-hybridized carbons (Fsp3) is 0.0625. The fourth-order valence-corrected chi connectivity index (χ4v) is 2.23. The number of hydrogen-bond donors (Lipinski definition) is 1. The standard InChI is InChI=1S/C16H9F4NO2/c17-10-3-1-2-8(4-10)16-11(7-22)15(21-23-16)9-5-12(18)14(20)13(19)6-9/h1-6,22H,7H2. The van der Waals surface area contributed by atoms with Gasteiger partial charge in [-0.3, -0.25) is 0 Å². The van der Waals surface area contributed by atoms with Crippen molar-refractivity contribution in [3.8, 4) is 22.6 Å². The molecule has 0 saturated heterocycles. The van der Waals surface area contributed by atoms with Gasteiger partial charge in [-0.25, -0.2) is 17.6 Å². The van der Waals surface area contributed by atoms with E-state index < -0.39 is 29.9 Å². The van der Waals surface area contributed by atoms with E-state index in [0.29, 0.717) is 5.56 Å². The summed E-state index contributed by atoms with van der Waals surface area (Å²) in [6.07, 6.45) is 0. The van der Waals surface area contributed by atoms with Gasteiger partial charge in [0.25, 0.3) is 0 Å². The Morgan fingerprint density at radius 2 is 1.65 bits per heavy atom. The minimum absolute atomic E-state index is 0.0513. The Balaban J connectivity index is 2.16. The number of benzene rings is 2. The van der Waals surface area contributed by atoms with Crippen molar-refractivity contribution in [1.29, 1.82) is 0 Å². The molecule has 3 rings (SSSR count). The van der Waals surface area contributed by atoms with Crippen molar-refractivity contribution in [3.63, 3.8) is 0 Å². The third-order valence-electron chi connectivity index (χ3n) is 3.29. The lowest BCUT2D eigenvalue weighted by Gasteiger charge is -2.03. The average Bonchev–Trinajstić information content (AvgIpc) is 2.96. The van der Waals surface area contributed by atoms with Gasteiger partial charge in [-0.2, -0.15) is 0 Å². The molecule has 1 heterocycles. The minimum atomic E-state index is -1.60.